The Kier molecular flexibility index (Phi) is 6.90. The Labute approximate surface area is 132 Å². The minimum absolute atomic E-state index is 0.320. The minimum atomic E-state index is -0.440. The average molecular weight is 324 g/mol. The third-order valence-electron chi connectivity index (χ3n) is 2.17. The Morgan fingerprint density at radius 1 is 1.43 bits per heavy atom. The molecule has 21 heavy (non-hydrogen) atoms. The van der Waals surface area contributed by atoms with Gasteiger partial charge in [-0.05, 0) is 24.5 Å². The molecule has 0 spiro atoms. The number of nitrogens with one attached hydrogen (secondary N) is 1. The summed E-state index contributed by atoms with van der Waals surface area (Å²) in [6, 6.07) is 6.35. The summed E-state index contributed by atoms with van der Waals surface area (Å²) in [7, 11) is 0. The van der Waals surface area contributed by atoms with E-state index in [0.29, 0.717) is 16.3 Å². The standard InChI is InChI=1S/C14H16N2O3S2/c1-9(21-13(8-15)20-3)16-14(18)11-5-4-6-12(7-11)19-10(2)17/h4-8H,1,15H2,2-3H3,(H,16,18)/b13-8-. The molecule has 0 atom stereocenters. The summed E-state index contributed by atoms with van der Waals surface area (Å²) in [5, 5.41) is 3.12. The van der Waals surface area contributed by atoms with Gasteiger partial charge in [0.15, 0.2) is 0 Å². The van der Waals surface area contributed by atoms with E-state index in [0.717, 1.165) is 4.24 Å². The van der Waals surface area contributed by atoms with Crippen molar-refractivity contribution in [1.29, 1.82) is 0 Å². The zero-order valence-electron chi connectivity index (χ0n) is 11.7. The molecule has 0 heterocycles. The van der Waals surface area contributed by atoms with Gasteiger partial charge in [-0.2, -0.15) is 0 Å². The number of benzene rings is 1. The predicted molar refractivity (Wildman–Crippen MR) is 87.7 cm³/mol. The molecule has 0 fully saturated rings. The molecule has 1 amide bonds. The Hall–Kier alpha value is -1.86. The van der Waals surface area contributed by atoms with Crippen LogP contribution < -0.4 is 15.8 Å². The number of carbonyl (C=O) groups excluding carboxylic acids is 2. The van der Waals surface area contributed by atoms with E-state index < -0.39 is 5.97 Å². The summed E-state index contributed by atoms with van der Waals surface area (Å²) < 4.78 is 5.76. The molecule has 0 radical (unpaired) electrons. The molecule has 0 aromatic heterocycles. The van der Waals surface area contributed by atoms with Gasteiger partial charge in [0.05, 0.1) is 9.27 Å². The van der Waals surface area contributed by atoms with Crippen LogP contribution >= 0.6 is 23.5 Å². The molecule has 0 aliphatic heterocycles. The molecular formula is C14H16N2O3S2. The molecule has 1 aromatic carbocycles. The number of esters is 1. The van der Waals surface area contributed by atoms with Crippen LogP contribution in [-0.2, 0) is 4.79 Å². The summed E-state index contributed by atoms with van der Waals surface area (Å²) in [5.74, 6) is -0.454. The first-order chi connectivity index (χ1) is 9.96. The van der Waals surface area contributed by atoms with E-state index in [1.165, 1.54) is 42.7 Å². The number of hydrogen-bond acceptors (Lipinski definition) is 6. The lowest BCUT2D eigenvalue weighted by Gasteiger charge is -2.09. The average Bonchev–Trinajstić information content (AvgIpc) is 2.44. The molecule has 0 aliphatic rings. The van der Waals surface area contributed by atoms with E-state index in [1.807, 2.05) is 6.26 Å². The SMILES string of the molecule is C=C(NC(=O)c1cccc(OC(C)=O)c1)S/C(=C\N)SC. The van der Waals surface area contributed by atoms with Gasteiger partial charge in [0.2, 0.25) is 0 Å². The third kappa shape index (κ3) is 5.97. The highest BCUT2D eigenvalue weighted by Crippen LogP contribution is 2.29. The Bertz CT molecular complexity index is 585. The van der Waals surface area contributed by atoms with Crippen molar-refractivity contribution >= 4 is 35.4 Å². The molecule has 0 bridgehead atoms. The molecular weight excluding hydrogens is 308 g/mol. The lowest BCUT2D eigenvalue weighted by Crippen LogP contribution is -2.20. The van der Waals surface area contributed by atoms with E-state index in [-0.39, 0.29) is 5.91 Å². The molecule has 1 rings (SSSR count). The normalized spacial score (nSPS) is 10.9. The maximum atomic E-state index is 12.1. The van der Waals surface area contributed by atoms with Gasteiger partial charge in [-0.1, -0.05) is 24.4 Å². The topological polar surface area (TPSA) is 81.4 Å². The van der Waals surface area contributed by atoms with Crippen LogP contribution in [0.3, 0.4) is 0 Å². The van der Waals surface area contributed by atoms with Crippen molar-refractivity contribution in [2.45, 2.75) is 6.92 Å². The molecule has 3 N–H and O–H groups in total. The number of rotatable bonds is 6. The number of ether oxygens (including phenoxy) is 1. The Balaban J connectivity index is 2.71. The van der Waals surface area contributed by atoms with Crippen LogP contribution in [0, 0.1) is 0 Å². The van der Waals surface area contributed by atoms with Gasteiger partial charge in [0.25, 0.3) is 5.91 Å². The van der Waals surface area contributed by atoms with Crippen molar-refractivity contribution in [3.8, 4) is 5.75 Å². The maximum absolute atomic E-state index is 12.1. The van der Waals surface area contributed by atoms with Crippen LogP contribution in [0.1, 0.15) is 17.3 Å². The molecule has 0 saturated carbocycles. The first-order valence-corrected chi connectivity index (χ1v) is 7.93. The fraction of sp³-hybridized carbons (Fsp3) is 0.143. The first-order valence-electron chi connectivity index (χ1n) is 5.88. The van der Waals surface area contributed by atoms with Crippen molar-refractivity contribution in [1.82, 2.24) is 5.32 Å². The quantitative estimate of drug-likeness (QED) is 0.618. The second-order valence-electron chi connectivity index (χ2n) is 3.79. The zero-order chi connectivity index (χ0) is 15.8. The molecule has 7 heteroatoms. The van der Waals surface area contributed by atoms with E-state index in [9.17, 15) is 9.59 Å². The molecule has 0 saturated heterocycles. The largest absolute Gasteiger partial charge is 0.427 e. The lowest BCUT2D eigenvalue weighted by atomic mass is 10.2. The number of nitrogens with two attached hydrogens (primary N) is 1. The van der Waals surface area contributed by atoms with Crippen molar-refractivity contribution in [2.24, 2.45) is 5.73 Å². The number of hydrogen-bond donors (Lipinski definition) is 2. The lowest BCUT2D eigenvalue weighted by molar-refractivity contribution is -0.131. The maximum Gasteiger partial charge on any atom is 0.308 e. The summed E-state index contributed by atoms with van der Waals surface area (Å²) in [6.45, 7) is 5.06. The fourth-order valence-corrected chi connectivity index (χ4v) is 2.58. The van der Waals surface area contributed by atoms with Crippen molar-refractivity contribution in [3.05, 3.63) is 51.9 Å². The van der Waals surface area contributed by atoms with Crippen LogP contribution in [0.5, 0.6) is 5.75 Å². The predicted octanol–water partition coefficient (Wildman–Crippen LogP) is 2.67. The zero-order valence-corrected chi connectivity index (χ0v) is 13.3. The molecule has 5 nitrogen and oxygen atoms in total. The fourth-order valence-electron chi connectivity index (χ4n) is 1.36. The smallest absolute Gasteiger partial charge is 0.308 e. The summed E-state index contributed by atoms with van der Waals surface area (Å²) in [5.41, 5.74) is 5.81. The van der Waals surface area contributed by atoms with Gasteiger partial charge < -0.3 is 15.8 Å². The molecule has 1 aromatic rings. The first kappa shape index (κ1) is 17.2. The summed E-state index contributed by atoms with van der Waals surface area (Å²) >= 11 is 2.73. The third-order valence-corrected chi connectivity index (χ3v) is 4.15. The van der Waals surface area contributed by atoms with Crippen molar-refractivity contribution in [3.63, 3.8) is 0 Å². The van der Waals surface area contributed by atoms with E-state index >= 15 is 0 Å². The van der Waals surface area contributed by atoms with E-state index in [1.54, 1.807) is 18.2 Å². The van der Waals surface area contributed by atoms with Crippen LogP contribution in [-0.4, -0.2) is 18.1 Å². The monoisotopic (exact) mass is 324 g/mol. The highest BCUT2D eigenvalue weighted by molar-refractivity contribution is 8.23. The van der Waals surface area contributed by atoms with Gasteiger partial charge in [-0.3, -0.25) is 9.59 Å². The molecule has 0 unspecified atom stereocenters. The minimum Gasteiger partial charge on any atom is -0.427 e. The Morgan fingerprint density at radius 3 is 2.71 bits per heavy atom. The van der Waals surface area contributed by atoms with Gasteiger partial charge in [-0.25, -0.2) is 0 Å². The summed E-state index contributed by atoms with van der Waals surface area (Å²) in [6.07, 6.45) is 3.33. The second-order valence-corrected chi connectivity index (χ2v) is 6.03. The molecule has 112 valence electrons. The van der Waals surface area contributed by atoms with E-state index in [2.05, 4.69) is 11.9 Å². The van der Waals surface area contributed by atoms with Crippen LogP contribution in [0.15, 0.2) is 46.3 Å². The highest BCUT2D eigenvalue weighted by Gasteiger charge is 2.10. The van der Waals surface area contributed by atoms with Gasteiger partial charge in [0.1, 0.15) is 5.75 Å². The second kappa shape index (κ2) is 8.43. The van der Waals surface area contributed by atoms with Crippen LogP contribution in [0.25, 0.3) is 0 Å². The number of amides is 1. The number of thioether (sulfide) groups is 2. The van der Waals surface area contributed by atoms with Crippen molar-refractivity contribution in [2.75, 3.05) is 6.26 Å². The van der Waals surface area contributed by atoms with Gasteiger partial charge >= 0.3 is 5.97 Å². The van der Waals surface area contributed by atoms with Crippen LogP contribution in [0.4, 0.5) is 0 Å². The van der Waals surface area contributed by atoms with Crippen LogP contribution in [0.2, 0.25) is 0 Å². The van der Waals surface area contributed by atoms with Crippen molar-refractivity contribution < 1.29 is 14.3 Å². The van der Waals surface area contributed by atoms with E-state index in [4.69, 9.17) is 10.5 Å². The Morgan fingerprint density at radius 2 is 2.14 bits per heavy atom. The highest BCUT2D eigenvalue weighted by atomic mass is 32.2. The number of carbonyl (C=O) groups is 2. The van der Waals surface area contributed by atoms with Gasteiger partial charge in [0, 0.05) is 18.7 Å². The summed E-state index contributed by atoms with van der Waals surface area (Å²) in [4.78, 5) is 23.0. The van der Waals surface area contributed by atoms with Gasteiger partial charge in [-0.15, -0.1) is 11.8 Å². The molecule has 0 aliphatic carbocycles.